The van der Waals surface area contributed by atoms with Gasteiger partial charge in [-0.15, -0.1) is 0 Å². The average Bonchev–Trinajstić information content (AvgIpc) is 3.03. The second-order valence-corrected chi connectivity index (χ2v) is 13.0. The van der Waals surface area contributed by atoms with Crippen molar-refractivity contribution in [2.75, 3.05) is 19.8 Å². The van der Waals surface area contributed by atoms with Crippen molar-refractivity contribution in [3.8, 4) is 0 Å². The number of alkyl carbamates (subject to hydrolysis) is 1. The predicted octanol–water partition coefficient (Wildman–Crippen LogP) is 6.51. The van der Waals surface area contributed by atoms with Gasteiger partial charge in [0.2, 0.25) is 0 Å². The first-order chi connectivity index (χ1) is 22.8. The van der Waals surface area contributed by atoms with Crippen LogP contribution in [0.15, 0.2) is 78.9 Å². The molecule has 3 aromatic carbocycles. The van der Waals surface area contributed by atoms with E-state index in [0.29, 0.717) is 24.1 Å². The fourth-order valence-electron chi connectivity index (χ4n) is 5.97. The number of benzene rings is 3. The van der Waals surface area contributed by atoms with Crippen molar-refractivity contribution < 1.29 is 46.1 Å². The number of rotatable bonds is 9. The van der Waals surface area contributed by atoms with E-state index < -0.39 is 73.2 Å². The molecule has 2 aliphatic heterocycles. The van der Waals surface area contributed by atoms with E-state index in [1.807, 2.05) is 24.3 Å². The largest absolute Gasteiger partial charge is 0.444 e. The van der Waals surface area contributed by atoms with Gasteiger partial charge in [-0.2, -0.15) is 13.2 Å². The summed E-state index contributed by atoms with van der Waals surface area (Å²) in [5.41, 5.74) is 2.44. The third-order valence-electron chi connectivity index (χ3n) is 8.19. The zero-order chi connectivity index (χ0) is 34.5. The van der Waals surface area contributed by atoms with E-state index in [1.54, 1.807) is 68.1 Å². The van der Waals surface area contributed by atoms with Crippen LogP contribution in [0.1, 0.15) is 55.5 Å². The van der Waals surface area contributed by atoms with E-state index in [1.165, 1.54) is 12.1 Å². The maximum atomic E-state index is 14.2. The molecule has 0 saturated carbocycles. The van der Waals surface area contributed by atoms with Crippen LogP contribution in [0.3, 0.4) is 0 Å². The van der Waals surface area contributed by atoms with Crippen LogP contribution in [-0.2, 0) is 36.8 Å². The lowest BCUT2D eigenvalue weighted by Gasteiger charge is -2.42. The molecule has 1 saturated heterocycles. The van der Waals surface area contributed by atoms with Crippen molar-refractivity contribution in [2.24, 2.45) is 0 Å². The molecule has 2 heterocycles. The van der Waals surface area contributed by atoms with Gasteiger partial charge in [0, 0.05) is 13.0 Å². The fraction of sp³-hybridized carbons (Fsp3) is 0.444. The van der Waals surface area contributed by atoms with E-state index in [4.69, 9.17) is 18.9 Å². The van der Waals surface area contributed by atoms with Crippen LogP contribution in [0.25, 0.3) is 0 Å². The number of halogens is 4. The highest BCUT2D eigenvalue weighted by Crippen LogP contribution is 2.37. The molecule has 0 spiro atoms. The molecule has 0 aromatic heterocycles. The van der Waals surface area contributed by atoms with Gasteiger partial charge in [-0.25, -0.2) is 9.18 Å². The molecule has 1 fully saturated rings. The van der Waals surface area contributed by atoms with Gasteiger partial charge in [0.15, 0.2) is 6.10 Å². The van der Waals surface area contributed by atoms with Crippen molar-refractivity contribution in [3.05, 3.63) is 107 Å². The summed E-state index contributed by atoms with van der Waals surface area (Å²) in [5, 5.41) is 2.63. The SMILES string of the molecule is CC(C)(C)OC(=O)N[C@H]1C[C@H](C(=O)N2CCc3ccccc3[C@@H]2c2ccc(F)cc2)OC[C@@H]1O[C@H](COCc1ccccc1)C(F)(F)F. The van der Waals surface area contributed by atoms with E-state index in [2.05, 4.69) is 5.32 Å². The van der Waals surface area contributed by atoms with Crippen molar-refractivity contribution in [1.29, 1.82) is 0 Å². The molecule has 0 radical (unpaired) electrons. The lowest BCUT2D eigenvalue weighted by Crippen LogP contribution is -2.58. The number of hydrogen-bond acceptors (Lipinski definition) is 6. The minimum Gasteiger partial charge on any atom is -0.444 e. The molecule has 0 bridgehead atoms. The third kappa shape index (κ3) is 9.12. The van der Waals surface area contributed by atoms with Crippen LogP contribution >= 0.6 is 0 Å². The van der Waals surface area contributed by atoms with Crippen molar-refractivity contribution in [3.63, 3.8) is 0 Å². The first-order valence-electron chi connectivity index (χ1n) is 15.9. The standard InChI is InChI=1S/C36H40F4N2O6/c1-35(2,3)48-34(44)41-28-19-29(46-21-30(28)47-31(36(38,39)40)22-45-20-23-9-5-4-6-10-23)33(43)42-18-17-24-11-7-8-12-27(24)32(42)25-13-15-26(37)16-14-25/h4-16,28-32H,17-22H2,1-3H3,(H,41,44)/t28-,29+,30-,31+,32-/m0/s1. The van der Waals surface area contributed by atoms with Gasteiger partial charge in [0.1, 0.15) is 23.6 Å². The number of hydrogen-bond donors (Lipinski definition) is 1. The highest BCUT2D eigenvalue weighted by Gasteiger charge is 2.47. The second kappa shape index (κ2) is 15.0. The summed E-state index contributed by atoms with van der Waals surface area (Å²) in [5.74, 6) is -0.826. The van der Waals surface area contributed by atoms with Crippen LogP contribution in [0.4, 0.5) is 22.4 Å². The van der Waals surface area contributed by atoms with Gasteiger partial charge in [-0.3, -0.25) is 4.79 Å². The Bertz CT molecular complexity index is 1530. The molecule has 0 aliphatic carbocycles. The fourth-order valence-corrected chi connectivity index (χ4v) is 5.97. The highest BCUT2D eigenvalue weighted by atomic mass is 19.4. The Hall–Kier alpha value is -4.00. The maximum Gasteiger partial charge on any atom is 0.416 e. The third-order valence-corrected chi connectivity index (χ3v) is 8.19. The highest BCUT2D eigenvalue weighted by molar-refractivity contribution is 5.82. The van der Waals surface area contributed by atoms with Crippen LogP contribution < -0.4 is 5.32 Å². The Morgan fingerprint density at radius 3 is 2.35 bits per heavy atom. The number of carbonyl (C=O) groups excluding carboxylic acids is 2. The zero-order valence-electron chi connectivity index (χ0n) is 27.0. The van der Waals surface area contributed by atoms with Gasteiger partial charge in [0.05, 0.1) is 31.9 Å². The second-order valence-electron chi connectivity index (χ2n) is 13.0. The molecule has 2 amide bonds. The molecular weight excluding hydrogens is 632 g/mol. The number of carbonyl (C=O) groups is 2. The van der Waals surface area contributed by atoms with E-state index in [-0.39, 0.29) is 13.0 Å². The van der Waals surface area contributed by atoms with Crippen LogP contribution in [-0.4, -0.2) is 72.8 Å². The lowest BCUT2D eigenvalue weighted by molar-refractivity contribution is -0.259. The Morgan fingerprint density at radius 2 is 1.67 bits per heavy atom. The Balaban J connectivity index is 1.35. The van der Waals surface area contributed by atoms with Gasteiger partial charge in [-0.05, 0) is 61.6 Å². The normalized spacial score (nSPS) is 22.0. The molecule has 8 nitrogen and oxygen atoms in total. The first kappa shape index (κ1) is 35.3. The number of nitrogens with zero attached hydrogens (tertiary/aromatic N) is 1. The minimum absolute atomic E-state index is 0.0533. The molecule has 5 rings (SSSR count). The Morgan fingerprint density at radius 1 is 0.979 bits per heavy atom. The summed E-state index contributed by atoms with van der Waals surface area (Å²) in [6.45, 7) is 4.05. The van der Waals surface area contributed by atoms with Crippen LogP contribution in [0.5, 0.6) is 0 Å². The van der Waals surface area contributed by atoms with E-state index >= 15 is 0 Å². The van der Waals surface area contributed by atoms with Gasteiger partial charge >= 0.3 is 12.3 Å². The monoisotopic (exact) mass is 672 g/mol. The number of alkyl halides is 3. The first-order valence-corrected chi connectivity index (χ1v) is 15.9. The Labute approximate surface area is 277 Å². The van der Waals surface area contributed by atoms with Gasteiger partial charge in [0.25, 0.3) is 5.91 Å². The molecule has 0 unspecified atom stereocenters. The Kier molecular flexibility index (Phi) is 11.1. The molecular formula is C36H40F4N2O6. The molecule has 12 heteroatoms. The lowest BCUT2D eigenvalue weighted by atomic mass is 9.87. The molecule has 2 aliphatic rings. The van der Waals surface area contributed by atoms with Crippen LogP contribution in [0.2, 0.25) is 0 Å². The quantitative estimate of drug-likeness (QED) is 0.261. The molecule has 3 aromatic rings. The van der Waals surface area contributed by atoms with Crippen molar-refractivity contribution in [2.45, 2.75) is 82.4 Å². The molecule has 48 heavy (non-hydrogen) atoms. The van der Waals surface area contributed by atoms with Crippen molar-refractivity contribution >= 4 is 12.0 Å². The number of fused-ring (bicyclic) bond motifs is 1. The molecule has 1 N–H and O–H groups in total. The zero-order valence-corrected chi connectivity index (χ0v) is 27.0. The van der Waals surface area contributed by atoms with Gasteiger partial charge < -0.3 is 29.2 Å². The summed E-state index contributed by atoms with van der Waals surface area (Å²) >= 11 is 0. The summed E-state index contributed by atoms with van der Waals surface area (Å²) in [7, 11) is 0. The smallest absolute Gasteiger partial charge is 0.416 e. The predicted molar refractivity (Wildman–Crippen MR) is 168 cm³/mol. The number of nitrogens with one attached hydrogen (secondary N) is 1. The average molecular weight is 673 g/mol. The number of amides is 2. The summed E-state index contributed by atoms with van der Waals surface area (Å²) in [4.78, 5) is 28.7. The van der Waals surface area contributed by atoms with E-state index in [0.717, 1.165) is 11.1 Å². The minimum atomic E-state index is -4.79. The topological polar surface area (TPSA) is 86.3 Å². The molecule has 5 atom stereocenters. The van der Waals surface area contributed by atoms with Crippen LogP contribution in [0, 0.1) is 5.82 Å². The molecule has 258 valence electrons. The maximum absolute atomic E-state index is 14.2. The summed E-state index contributed by atoms with van der Waals surface area (Å²) in [6, 6.07) is 20.7. The summed E-state index contributed by atoms with van der Waals surface area (Å²) < 4.78 is 78.6. The van der Waals surface area contributed by atoms with Gasteiger partial charge in [-0.1, -0.05) is 66.7 Å². The van der Waals surface area contributed by atoms with E-state index in [9.17, 15) is 27.2 Å². The summed E-state index contributed by atoms with van der Waals surface area (Å²) in [6.07, 6.45) is -9.98. The van der Waals surface area contributed by atoms with Crippen molar-refractivity contribution in [1.82, 2.24) is 10.2 Å². The number of ether oxygens (including phenoxy) is 4.